The van der Waals surface area contributed by atoms with Gasteiger partial charge in [0.1, 0.15) is 5.70 Å². The van der Waals surface area contributed by atoms with Crippen molar-refractivity contribution in [3.05, 3.63) is 83.1 Å². The molecule has 5 nitrogen and oxygen atoms in total. The SMILES string of the molecule is CC(=O)NC1(Cl)CCN1C(C(=O)OC(c1ccccc1)c1ccccc1)=C(C)C. The van der Waals surface area contributed by atoms with Gasteiger partial charge in [-0.3, -0.25) is 4.79 Å². The summed E-state index contributed by atoms with van der Waals surface area (Å²) in [5.41, 5.74) is 2.90. The summed E-state index contributed by atoms with van der Waals surface area (Å²) in [6.45, 7) is 5.63. The molecule has 1 unspecified atom stereocenters. The van der Waals surface area contributed by atoms with Gasteiger partial charge in [-0.25, -0.2) is 4.79 Å². The third-order valence-corrected chi connectivity index (χ3v) is 5.32. The van der Waals surface area contributed by atoms with Crippen LogP contribution in [0.1, 0.15) is 44.4 Å². The monoisotopic (exact) mass is 412 g/mol. The first kappa shape index (κ1) is 20.9. The molecular formula is C23H25ClN2O3. The number of ether oxygens (including phenoxy) is 1. The Morgan fingerprint density at radius 3 is 1.90 bits per heavy atom. The summed E-state index contributed by atoms with van der Waals surface area (Å²) in [6.07, 6.45) is -0.00931. The van der Waals surface area contributed by atoms with Gasteiger partial charge in [0, 0.05) is 19.9 Å². The van der Waals surface area contributed by atoms with E-state index >= 15 is 0 Å². The van der Waals surface area contributed by atoms with E-state index in [1.807, 2.05) is 74.5 Å². The molecule has 1 atom stereocenters. The lowest BCUT2D eigenvalue weighted by Crippen LogP contribution is -2.65. The molecule has 1 heterocycles. The number of carbonyl (C=O) groups excluding carboxylic acids is 2. The van der Waals surface area contributed by atoms with Crippen LogP contribution in [0.3, 0.4) is 0 Å². The fourth-order valence-corrected chi connectivity index (χ4v) is 3.83. The minimum atomic E-state index is -1.10. The molecule has 3 rings (SSSR count). The van der Waals surface area contributed by atoms with Crippen LogP contribution in [0.2, 0.25) is 0 Å². The third-order valence-electron chi connectivity index (χ3n) is 4.83. The third kappa shape index (κ3) is 4.62. The first-order valence-corrected chi connectivity index (χ1v) is 9.93. The van der Waals surface area contributed by atoms with Gasteiger partial charge in [0.2, 0.25) is 5.91 Å². The van der Waals surface area contributed by atoms with Crippen LogP contribution >= 0.6 is 11.6 Å². The molecule has 0 aliphatic carbocycles. The van der Waals surface area contributed by atoms with Crippen LogP contribution in [0, 0.1) is 0 Å². The van der Waals surface area contributed by atoms with E-state index in [9.17, 15) is 9.59 Å². The molecule has 1 saturated heterocycles. The summed E-state index contributed by atoms with van der Waals surface area (Å²) < 4.78 is 5.99. The Bertz CT molecular complexity index is 871. The van der Waals surface area contributed by atoms with E-state index < -0.39 is 17.2 Å². The van der Waals surface area contributed by atoms with Crippen molar-refractivity contribution in [3.63, 3.8) is 0 Å². The van der Waals surface area contributed by atoms with Crippen LogP contribution in [0.25, 0.3) is 0 Å². The van der Waals surface area contributed by atoms with Crippen molar-refractivity contribution in [1.82, 2.24) is 10.2 Å². The van der Waals surface area contributed by atoms with Gasteiger partial charge in [0.05, 0.1) is 0 Å². The average molecular weight is 413 g/mol. The van der Waals surface area contributed by atoms with E-state index in [1.165, 1.54) is 6.92 Å². The number of carbonyl (C=O) groups is 2. The normalized spacial score (nSPS) is 18.0. The van der Waals surface area contributed by atoms with Crippen molar-refractivity contribution >= 4 is 23.5 Å². The summed E-state index contributed by atoms with van der Waals surface area (Å²) >= 11 is 6.57. The van der Waals surface area contributed by atoms with E-state index in [1.54, 1.807) is 4.90 Å². The largest absolute Gasteiger partial charge is 0.448 e. The van der Waals surface area contributed by atoms with Gasteiger partial charge in [0.25, 0.3) is 0 Å². The lowest BCUT2D eigenvalue weighted by molar-refractivity contribution is -0.147. The number of amides is 1. The van der Waals surface area contributed by atoms with E-state index in [2.05, 4.69) is 5.32 Å². The zero-order valence-electron chi connectivity index (χ0n) is 16.8. The lowest BCUT2D eigenvalue weighted by Gasteiger charge is -2.50. The summed E-state index contributed by atoms with van der Waals surface area (Å²) in [6, 6.07) is 19.2. The molecule has 0 bridgehead atoms. The Balaban J connectivity index is 1.90. The molecule has 0 radical (unpaired) electrons. The summed E-state index contributed by atoms with van der Waals surface area (Å²) in [5.74, 6) is -0.726. The highest BCUT2D eigenvalue weighted by molar-refractivity contribution is 6.25. The smallest absolute Gasteiger partial charge is 0.355 e. The van der Waals surface area contributed by atoms with Crippen LogP contribution in [0.5, 0.6) is 0 Å². The number of alkyl halides is 1. The van der Waals surface area contributed by atoms with Crippen molar-refractivity contribution < 1.29 is 14.3 Å². The Morgan fingerprint density at radius 1 is 1.00 bits per heavy atom. The highest BCUT2D eigenvalue weighted by atomic mass is 35.5. The molecule has 0 aromatic heterocycles. The highest BCUT2D eigenvalue weighted by Crippen LogP contribution is 2.38. The molecule has 6 heteroatoms. The standard InChI is InChI=1S/C23H25ClN2O3/c1-16(2)20(26-15-14-23(26,24)25-17(3)27)22(28)29-21(18-10-6-4-7-11-18)19-12-8-5-9-13-19/h4-13,21H,14-15H2,1-3H3,(H,25,27). The van der Waals surface area contributed by atoms with Crippen molar-refractivity contribution in [1.29, 1.82) is 0 Å². The maximum Gasteiger partial charge on any atom is 0.355 e. The molecule has 0 spiro atoms. The molecule has 1 amide bonds. The van der Waals surface area contributed by atoms with Crippen molar-refractivity contribution in [2.45, 2.75) is 38.4 Å². The fourth-order valence-electron chi connectivity index (χ4n) is 3.44. The van der Waals surface area contributed by atoms with Crippen molar-refractivity contribution in [3.8, 4) is 0 Å². The number of allylic oxidation sites excluding steroid dienone is 1. The predicted octanol–water partition coefficient (Wildman–Crippen LogP) is 4.35. The van der Waals surface area contributed by atoms with Gasteiger partial charge in [-0.15, -0.1) is 0 Å². The zero-order valence-corrected chi connectivity index (χ0v) is 17.6. The van der Waals surface area contributed by atoms with Crippen molar-refractivity contribution in [2.75, 3.05) is 6.54 Å². The number of esters is 1. The minimum Gasteiger partial charge on any atom is -0.448 e. The Morgan fingerprint density at radius 2 is 1.52 bits per heavy atom. The second-order valence-electron chi connectivity index (χ2n) is 7.30. The number of likely N-dealkylation sites (tertiary alicyclic amines) is 1. The van der Waals surface area contributed by atoms with Gasteiger partial charge < -0.3 is 15.0 Å². The van der Waals surface area contributed by atoms with Gasteiger partial charge in [0.15, 0.2) is 11.2 Å². The Hall–Kier alpha value is -2.79. The molecule has 1 fully saturated rings. The van der Waals surface area contributed by atoms with Gasteiger partial charge in [-0.05, 0) is 30.5 Å². The van der Waals surface area contributed by atoms with Crippen LogP contribution in [0.15, 0.2) is 71.9 Å². The van der Waals surface area contributed by atoms with E-state index in [4.69, 9.17) is 16.3 Å². The van der Waals surface area contributed by atoms with Crippen LogP contribution < -0.4 is 5.32 Å². The maximum absolute atomic E-state index is 13.3. The molecule has 1 N–H and O–H groups in total. The minimum absolute atomic E-state index is 0.252. The van der Waals surface area contributed by atoms with Gasteiger partial charge in [-0.1, -0.05) is 72.3 Å². The zero-order chi connectivity index (χ0) is 21.0. The number of hydrogen-bond donors (Lipinski definition) is 1. The molecule has 29 heavy (non-hydrogen) atoms. The first-order valence-electron chi connectivity index (χ1n) is 9.55. The van der Waals surface area contributed by atoms with E-state index in [0.717, 1.165) is 16.7 Å². The molecule has 1 aliphatic rings. The second-order valence-corrected chi connectivity index (χ2v) is 7.92. The van der Waals surface area contributed by atoms with E-state index in [0.29, 0.717) is 18.7 Å². The molecule has 152 valence electrons. The topological polar surface area (TPSA) is 58.6 Å². The van der Waals surface area contributed by atoms with E-state index in [-0.39, 0.29) is 5.91 Å². The summed E-state index contributed by atoms with van der Waals surface area (Å²) in [7, 11) is 0. The number of rotatable bonds is 6. The van der Waals surface area contributed by atoms with Crippen molar-refractivity contribution in [2.24, 2.45) is 0 Å². The summed E-state index contributed by atoms with van der Waals surface area (Å²) in [5, 5.41) is 1.62. The number of nitrogens with zero attached hydrogens (tertiary/aromatic N) is 1. The molecule has 1 aliphatic heterocycles. The van der Waals surface area contributed by atoms with Gasteiger partial charge >= 0.3 is 5.97 Å². The number of halogens is 1. The quantitative estimate of drug-likeness (QED) is 0.331. The Labute approximate surface area is 176 Å². The molecular weight excluding hydrogens is 388 g/mol. The summed E-state index contributed by atoms with van der Waals surface area (Å²) in [4.78, 5) is 26.5. The maximum atomic E-state index is 13.3. The highest BCUT2D eigenvalue weighted by Gasteiger charge is 2.47. The fraction of sp³-hybridized carbons (Fsp3) is 0.304. The average Bonchev–Trinajstić information content (AvgIpc) is 2.69. The van der Waals surface area contributed by atoms with Crippen LogP contribution in [-0.4, -0.2) is 28.4 Å². The molecule has 2 aromatic rings. The number of nitrogens with one attached hydrogen (secondary N) is 1. The predicted molar refractivity (Wildman–Crippen MR) is 113 cm³/mol. The lowest BCUT2D eigenvalue weighted by atomic mass is 10.0. The van der Waals surface area contributed by atoms with Crippen LogP contribution in [-0.2, 0) is 14.3 Å². The Kier molecular flexibility index (Phi) is 6.28. The van der Waals surface area contributed by atoms with Crippen LogP contribution in [0.4, 0.5) is 0 Å². The molecule has 0 saturated carbocycles. The number of hydrogen-bond acceptors (Lipinski definition) is 4. The number of benzene rings is 2. The second kappa shape index (κ2) is 8.70. The first-order chi connectivity index (χ1) is 13.8. The molecule has 2 aromatic carbocycles. The van der Waals surface area contributed by atoms with Gasteiger partial charge in [-0.2, -0.15) is 0 Å².